The van der Waals surface area contributed by atoms with Gasteiger partial charge in [-0.1, -0.05) is 24.8 Å². The van der Waals surface area contributed by atoms with Gasteiger partial charge in [0.2, 0.25) is 0 Å². The average molecular weight is 413 g/mol. The number of alkyl halides is 1. The number of benzene rings is 1. The number of hydrogen-bond acceptors (Lipinski definition) is 2. The van der Waals surface area contributed by atoms with Gasteiger partial charge in [0.1, 0.15) is 5.75 Å². The van der Waals surface area contributed by atoms with E-state index in [0.717, 1.165) is 63.4 Å². The van der Waals surface area contributed by atoms with Gasteiger partial charge in [-0.25, -0.2) is 0 Å². The average Bonchev–Trinajstić information content (AvgIpc) is 2.76. The van der Waals surface area contributed by atoms with Crippen molar-refractivity contribution in [3.8, 4) is 17.6 Å². The van der Waals surface area contributed by atoms with Crippen LogP contribution in [0.4, 0.5) is 0 Å². The van der Waals surface area contributed by atoms with Crippen LogP contribution in [0.5, 0.6) is 5.75 Å². The molecule has 0 aliphatic heterocycles. The van der Waals surface area contributed by atoms with Crippen molar-refractivity contribution in [2.75, 3.05) is 0 Å². The van der Waals surface area contributed by atoms with Gasteiger partial charge in [0.25, 0.3) is 0 Å². The van der Waals surface area contributed by atoms with Crippen molar-refractivity contribution in [2.24, 2.45) is 23.7 Å². The Hall–Kier alpha value is -1.72. The molecule has 2 nitrogen and oxygen atoms in total. The number of hydrogen-bond donors (Lipinski definition) is 0. The van der Waals surface area contributed by atoms with E-state index < -0.39 is 0 Å². The number of ether oxygens (including phenoxy) is 1. The van der Waals surface area contributed by atoms with Crippen molar-refractivity contribution >= 4 is 17.6 Å². The van der Waals surface area contributed by atoms with Gasteiger partial charge >= 0.3 is 5.97 Å². The second-order valence-electron chi connectivity index (χ2n) is 8.58. The summed E-state index contributed by atoms with van der Waals surface area (Å²) in [5.74, 6) is 8.86. The van der Waals surface area contributed by atoms with Gasteiger partial charge in [0, 0.05) is 16.9 Å². The molecule has 1 atom stereocenters. The molecule has 29 heavy (non-hydrogen) atoms. The highest BCUT2D eigenvalue weighted by Gasteiger charge is 2.30. The highest BCUT2D eigenvalue weighted by atomic mass is 35.5. The van der Waals surface area contributed by atoms with E-state index in [9.17, 15) is 4.79 Å². The van der Waals surface area contributed by atoms with E-state index in [-0.39, 0.29) is 11.9 Å². The highest BCUT2D eigenvalue weighted by Crippen LogP contribution is 2.36. The highest BCUT2D eigenvalue weighted by molar-refractivity contribution is 6.20. The van der Waals surface area contributed by atoms with Crippen molar-refractivity contribution in [2.45, 2.75) is 70.1 Å². The zero-order valence-corrected chi connectivity index (χ0v) is 18.3. The Morgan fingerprint density at radius 2 is 1.79 bits per heavy atom. The fourth-order valence-corrected chi connectivity index (χ4v) is 4.92. The molecule has 156 valence electrons. The van der Waals surface area contributed by atoms with E-state index >= 15 is 0 Å². The third kappa shape index (κ3) is 6.38. The fraction of sp³-hybridized carbons (Fsp3) is 0.577. The third-order valence-corrected chi connectivity index (χ3v) is 7.07. The first-order valence-electron chi connectivity index (χ1n) is 11.2. The summed E-state index contributed by atoms with van der Waals surface area (Å²) in [6.07, 6.45) is 11.5. The quantitative estimate of drug-likeness (QED) is 0.175. The van der Waals surface area contributed by atoms with Gasteiger partial charge in [-0.3, -0.25) is 4.79 Å². The van der Waals surface area contributed by atoms with Crippen LogP contribution in [-0.2, 0) is 4.79 Å². The third-order valence-electron chi connectivity index (χ3n) is 6.63. The van der Waals surface area contributed by atoms with E-state index in [2.05, 4.69) is 31.4 Å². The molecule has 0 saturated heterocycles. The second-order valence-corrected chi connectivity index (χ2v) is 9.20. The number of allylic oxidation sites excluding steroid dienone is 1. The molecule has 1 aromatic rings. The van der Waals surface area contributed by atoms with Crippen molar-refractivity contribution in [3.05, 3.63) is 42.5 Å². The Kier molecular flexibility index (Phi) is 8.25. The summed E-state index contributed by atoms with van der Waals surface area (Å²) < 4.78 is 5.64. The van der Waals surface area contributed by atoms with E-state index in [4.69, 9.17) is 16.3 Å². The summed E-state index contributed by atoms with van der Waals surface area (Å²) in [6, 6.07) is 7.59. The summed E-state index contributed by atoms with van der Waals surface area (Å²) in [5.41, 5.74) is 0.966. The molecule has 2 saturated carbocycles. The molecular weight excluding hydrogens is 380 g/mol. The van der Waals surface area contributed by atoms with Gasteiger partial charge in [0.05, 0.1) is 5.92 Å². The van der Waals surface area contributed by atoms with Gasteiger partial charge < -0.3 is 4.74 Å². The van der Waals surface area contributed by atoms with Crippen LogP contribution in [0.2, 0.25) is 0 Å². The van der Waals surface area contributed by atoms with Crippen LogP contribution in [0, 0.1) is 35.5 Å². The first-order valence-corrected chi connectivity index (χ1v) is 11.6. The lowest BCUT2D eigenvalue weighted by Crippen LogP contribution is -2.27. The fourth-order valence-electron chi connectivity index (χ4n) is 4.66. The van der Waals surface area contributed by atoms with E-state index in [1.807, 2.05) is 24.3 Å². The van der Waals surface area contributed by atoms with Gasteiger partial charge in [-0.05, 0) is 93.9 Å². The molecule has 2 aliphatic carbocycles. The molecule has 0 aromatic heterocycles. The molecule has 0 radical (unpaired) electrons. The predicted molar refractivity (Wildman–Crippen MR) is 120 cm³/mol. The lowest BCUT2D eigenvalue weighted by atomic mass is 9.75. The standard InChI is InChI=1S/C26H33ClO2/c1-3-21(4-2)22-11-13-23(14-12-22)26(28)29-25-17-9-20(10-18-25)6-5-19-7-15-24(27)16-8-19/h3,9-10,17-19,21-24H,1,4,7-8,11-16H2,2H3. The van der Waals surface area contributed by atoms with Crippen LogP contribution >= 0.6 is 11.6 Å². The van der Waals surface area contributed by atoms with Gasteiger partial charge in [0.15, 0.2) is 0 Å². The molecule has 3 heteroatoms. The SMILES string of the molecule is C=CC(CC)C1CCC(C(=O)Oc2ccc(C#CC3CCC(Cl)CC3)cc2)CC1. The Labute approximate surface area is 181 Å². The first-order chi connectivity index (χ1) is 14.1. The zero-order chi connectivity index (χ0) is 20.6. The molecule has 0 heterocycles. The smallest absolute Gasteiger partial charge is 0.314 e. The van der Waals surface area contributed by atoms with Crippen molar-refractivity contribution in [1.82, 2.24) is 0 Å². The summed E-state index contributed by atoms with van der Waals surface area (Å²) in [5, 5.41) is 0.326. The number of halogens is 1. The molecule has 0 N–H and O–H groups in total. The second kappa shape index (κ2) is 10.9. The Morgan fingerprint density at radius 3 is 2.38 bits per heavy atom. The molecule has 0 bridgehead atoms. The normalized spacial score (nSPS) is 27.9. The number of esters is 1. The van der Waals surface area contributed by atoms with Crippen LogP contribution in [-0.4, -0.2) is 11.3 Å². The van der Waals surface area contributed by atoms with E-state index in [1.54, 1.807) is 0 Å². The lowest BCUT2D eigenvalue weighted by Gasteiger charge is -2.31. The summed E-state index contributed by atoms with van der Waals surface area (Å²) in [6.45, 7) is 6.17. The van der Waals surface area contributed by atoms with E-state index in [0.29, 0.717) is 28.9 Å². The maximum atomic E-state index is 12.5. The molecule has 0 spiro atoms. The number of rotatable bonds is 5. The van der Waals surface area contributed by atoms with Crippen LogP contribution in [0.1, 0.15) is 70.3 Å². The van der Waals surface area contributed by atoms with E-state index in [1.165, 1.54) is 0 Å². The molecule has 1 aromatic carbocycles. The summed E-state index contributed by atoms with van der Waals surface area (Å²) in [7, 11) is 0. The lowest BCUT2D eigenvalue weighted by molar-refractivity contribution is -0.140. The predicted octanol–water partition coefficient (Wildman–Crippen LogP) is 6.76. The Bertz CT molecular complexity index is 726. The number of carbonyl (C=O) groups excluding carboxylic acids is 1. The van der Waals surface area contributed by atoms with Crippen LogP contribution in [0.25, 0.3) is 0 Å². The van der Waals surface area contributed by atoms with Crippen LogP contribution in [0.15, 0.2) is 36.9 Å². The van der Waals surface area contributed by atoms with Crippen molar-refractivity contribution < 1.29 is 9.53 Å². The van der Waals surface area contributed by atoms with Crippen molar-refractivity contribution in [1.29, 1.82) is 0 Å². The Morgan fingerprint density at radius 1 is 1.14 bits per heavy atom. The van der Waals surface area contributed by atoms with Crippen LogP contribution in [0.3, 0.4) is 0 Å². The maximum Gasteiger partial charge on any atom is 0.314 e. The molecular formula is C26H33ClO2. The molecule has 3 rings (SSSR count). The van der Waals surface area contributed by atoms with Gasteiger partial charge in [-0.15, -0.1) is 18.2 Å². The summed E-state index contributed by atoms with van der Waals surface area (Å²) in [4.78, 5) is 12.5. The minimum absolute atomic E-state index is 0.0186. The van der Waals surface area contributed by atoms with Crippen molar-refractivity contribution in [3.63, 3.8) is 0 Å². The monoisotopic (exact) mass is 412 g/mol. The first kappa shape index (κ1) is 22.0. The zero-order valence-electron chi connectivity index (χ0n) is 17.5. The maximum absolute atomic E-state index is 12.5. The Balaban J connectivity index is 1.47. The van der Waals surface area contributed by atoms with Gasteiger partial charge in [-0.2, -0.15) is 0 Å². The largest absolute Gasteiger partial charge is 0.426 e. The number of carbonyl (C=O) groups is 1. The minimum atomic E-state index is -0.0910. The molecule has 2 fully saturated rings. The minimum Gasteiger partial charge on any atom is -0.426 e. The summed E-state index contributed by atoms with van der Waals surface area (Å²) >= 11 is 6.15. The van der Waals surface area contributed by atoms with Crippen LogP contribution < -0.4 is 4.74 Å². The molecule has 1 unspecified atom stereocenters. The topological polar surface area (TPSA) is 26.3 Å². The molecule has 2 aliphatic rings. The molecule has 0 amide bonds.